The van der Waals surface area contributed by atoms with Crippen LogP contribution in [0.5, 0.6) is 0 Å². The maximum absolute atomic E-state index is 13.6. The fourth-order valence-electron chi connectivity index (χ4n) is 1.74. The van der Waals surface area contributed by atoms with Crippen LogP contribution < -0.4 is 0 Å². The molecule has 5 heteroatoms. The van der Waals surface area contributed by atoms with Gasteiger partial charge in [0.1, 0.15) is 17.3 Å². The highest BCUT2D eigenvalue weighted by Crippen LogP contribution is 2.17. The zero-order chi connectivity index (χ0) is 14.0. The molecule has 1 amide bonds. The second-order valence-corrected chi connectivity index (χ2v) is 4.73. The van der Waals surface area contributed by atoms with Gasteiger partial charge in [-0.25, -0.2) is 4.39 Å². The first kappa shape index (κ1) is 13.6. The number of carbonyl (C=O) groups is 1. The van der Waals surface area contributed by atoms with Crippen molar-refractivity contribution in [1.29, 1.82) is 0 Å². The minimum absolute atomic E-state index is 0.0433. The minimum atomic E-state index is -0.586. The third-order valence-electron chi connectivity index (χ3n) is 2.69. The molecule has 0 saturated heterocycles. The van der Waals surface area contributed by atoms with Crippen molar-refractivity contribution in [1.82, 2.24) is 4.90 Å². The summed E-state index contributed by atoms with van der Waals surface area (Å²) in [5.74, 6) is 0.395. The van der Waals surface area contributed by atoms with Gasteiger partial charge in [0.2, 0.25) is 0 Å². The third kappa shape index (κ3) is 3.15. The molecule has 1 aromatic heterocycles. The Morgan fingerprint density at radius 1 is 1.37 bits per heavy atom. The van der Waals surface area contributed by atoms with Crippen LogP contribution in [-0.2, 0) is 6.54 Å². The maximum Gasteiger partial charge on any atom is 0.257 e. The van der Waals surface area contributed by atoms with Gasteiger partial charge in [-0.05, 0) is 37.3 Å². The Bertz CT molecular complexity index is 609. The van der Waals surface area contributed by atoms with E-state index >= 15 is 0 Å². The molecule has 0 aliphatic heterocycles. The van der Waals surface area contributed by atoms with Crippen LogP contribution in [0.3, 0.4) is 0 Å². The summed E-state index contributed by atoms with van der Waals surface area (Å²) in [5.41, 5.74) is -0.0433. The first-order chi connectivity index (χ1) is 8.97. The van der Waals surface area contributed by atoms with Crippen molar-refractivity contribution in [3.05, 3.63) is 58.3 Å². The van der Waals surface area contributed by atoms with Gasteiger partial charge < -0.3 is 9.32 Å². The number of halogens is 2. The van der Waals surface area contributed by atoms with E-state index in [2.05, 4.69) is 0 Å². The number of amides is 1. The Kier molecular flexibility index (Phi) is 3.90. The Hall–Kier alpha value is -1.81. The zero-order valence-electron chi connectivity index (χ0n) is 10.6. The molecule has 3 nitrogen and oxygen atoms in total. The molecular formula is C14H13ClFNO2. The quantitative estimate of drug-likeness (QED) is 0.860. The van der Waals surface area contributed by atoms with E-state index in [4.69, 9.17) is 16.0 Å². The highest BCUT2D eigenvalue weighted by Gasteiger charge is 2.17. The van der Waals surface area contributed by atoms with Crippen molar-refractivity contribution >= 4 is 17.5 Å². The smallest absolute Gasteiger partial charge is 0.257 e. The molecule has 1 heterocycles. The summed E-state index contributed by atoms with van der Waals surface area (Å²) in [6.45, 7) is 2.10. The Morgan fingerprint density at radius 3 is 2.74 bits per heavy atom. The topological polar surface area (TPSA) is 33.5 Å². The van der Waals surface area contributed by atoms with Crippen molar-refractivity contribution < 1.29 is 13.6 Å². The minimum Gasteiger partial charge on any atom is -0.464 e. The SMILES string of the molecule is Cc1ccc(CN(C)C(=O)c2cc(Cl)ccc2F)o1. The van der Waals surface area contributed by atoms with E-state index in [9.17, 15) is 9.18 Å². The Labute approximate surface area is 115 Å². The molecule has 0 saturated carbocycles. The zero-order valence-corrected chi connectivity index (χ0v) is 11.4. The van der Waals surface area contributed by atoms with Gasteiger partial charge in [0.05, 0.1) is 12.1 Å². The molecule has 0 unspecified atom stereocenters. The molecule has 0 aliphatic rings. The lowest BCUT2D eigenvalue weighted by atomic mass is 10.2. The van der Waals surface area contributed by atoms with Crippen LogP contribution in [0.15, 0.2) is 34.7 Å². The summed E-state index contributed by atoms with van der Waals surface area (Å²) in [7, 11) is 1.58. The van der Waals surface area contributed by atoms with Crippen LogP contribution >= 0.6 is 11.6 Å². The monoisotopic (exact) mass is 281 g/mol. The van der Waals surface area contributed by atoms with Gasteiger partial charge >= 0.3 is 0 Å². The average molecular weight is 282 g/mol. The fourth-order valence-corrected chi connectivity index (χ4v) is 1.91. The molecule has 0 atom stereocenters. The van der Waals surface area contributed by atoms with Crippen LogP contribution in [0, 0.1) is 12.7 Å². The maximum atomic E-state index is 13.6. The molecule has 0 spiro atoms. The van der Waals surface area contributed by atoms with Gasteiger partial charge in [-0.3, -0.25) is 4.79 Å². The van der Waals surface area contributed by atoms with Crippen LogP contribution in [0.1, 0.15) is 21.9 Å². The standard InChI is InChI=1S/C14H13ClFNO2/c1-9-3-5-11(19-9)8-17(2)14(18)12-7-10(15)4-6-13(12)16/h3-7H,8H2,1-2H3. The van der Waals surface area contributed by atoms with Crippen molar-refractivity contribution in [2.45, 2.75) is 13.5 Å². The lowest BCUT2D eigenvalue weighted by molar-refractivity contribution is 0.0770. The van der Waals surface area contributed by atoms with E-state index in [1.54, 1.807) is 13.1 Å². The Morgan fingerprint density at radius 2 is 2.11 bits per heavy atom. The van der Waals surface area contributed by atoms with Gasteiger partial charge in [-0.15, -0.1) is 0 Å². The Balaban J connectivity index is 2.16. The second-order valence-electron chi connectivity index (χ2n) is 4.30. The van der Waals surface area contributed by atoms with Gasteiger partial charge in [-0.2, -0.15) is 0 Å². The van der Waals surface area contributed by atoms with E-state index in [-0.39, 0.29) is 12.1 Å². The fraction of sp³-hybridized carbons (Fsp3) is 0.214. The first-order valence-electron chi connectivity index (χ1n) is 5.73. The lowest BCUT2D eigenvalue weighted by Gasteiger charge is -2.16. The number of furan rings is 1. The first-order valence-corrected chi connectivity index (χ1v) is 6.11. The summed E-state index contributed by atoms with van der Waals surface area (Å²) >= 11 is 5.77. The molecule has 100 valence electrons. The summed E-state index contributed by atoms with van der Waals surface area (Å²) < 4.78 is 19.0. The molecule has 19 heavy (non-hydrogen) atoms. The number of carbonyl (C=O) groups excluding carboxylic acids is 1. The van der Waals surface area contributed by atoms with Gasteiger partial charge in [0.25, 0.3) is 5.91 Å². The lowest BCUT2D eigenvalue weighted by Crippen LogP contribution is -2.26. The summed E-state index contributed by atoms with van der Waals surface area (Å²) in [6, 6.07) is 7.51. The van der Waals surface area contributed by atoms with Crippen molar-refractivity contribution in [2.75, 3.05) is 7.05 Å². The van der Waals surface area contributed by atoms with Crippen LogP contribution in [0.2, 0.25) is 5.02 Å². The number of hydrogen-bond acceptors (Lipinski definition) is 2. The van der Waals surface area contributed by atoms with E-state index in [0.717, 1.165) is 5.76 Å². The van der Waals surface area contributed by atoms with Gasteiger partial charge in [0.15, 0.2) is 0 Å². The molecule has 0 aliphatic carbocycles. The summed E-state index contributed by atoms with van der Waals surface area (Å²) in [4.78, 5) is 13.5. The van der Waals surface area contributed by atoms with Gasteiger partial charge in [-0.1, -0.05) is 11.6 Å². The molecule has 0 fully saturated rings. The molecule has 2 aromatic rings. The number of nitrogens with zero attached hydrogens (tertiary/aromatic N) is 1. The van der Waals surface area contributed by atoms with Crippen LogP contribution in [0.25, 0.3) is 0 Å². The number of hydrogen-bond donors (Lipinski definition) is 0. The van der Waals surface area contributed by atoms with Crippen molar-refractivity contribution in [3.63, 3.8) is 0 Å². The predicted molar refractivity (Wildman–Crippen MR) is 70.7 cm³/mol. The number of aryl methyl sites for hydroxylation is 1. The average Bonchev–Trinajstić information content (AvgIpc) is 2.77. The van der Waals surface area contributed by atoms with E-state index in [1.807, 2.05) is 13.0 Å². The summed E-state index contributed by atoms with van der Waals surface area (Å²) in [6.07, 6.45) is 0. The second kappa shape index (κ2) is 5.45. The molecular weight excluding hydrogens is 269 g/mol. The van der Waals surface area contributed by atoms with Crippen molar-refractivity contribution in [3.8, 4) is 0 Å². The number of benzene rings is 1. The van der Waals surface area contributed by atoms with E-state index < -0.39 is 11.7 Å². The van der Waals surface area contributed by atoms with E-state index in [1.165, 1.54) is 23.1 Å². The van der Waals surface area contributed by atoms with Gasteiger partial charge in [0, 0.05) is 12.1 Å². The summed E-state index contributed by atoms with van der Waals surface area (Å²) in [5, 5.41) is 0.326. The normalized spacial score (nSPS) is 10.5. The molecule has 0 radical (unpaired) electrons. The number of rotatable bonds is 3. The van der Waals surface area contributed by atoms with Crippen LogP contribution in [-0.4, -0.2) is 17.9 Å². The van der Waals surface area contributed by atoms with Crippen molar-refractivity contribution in [2.24, 2.45) is 0 Å². The highest BCUT2D eigenvalue weighted by atomic mass is 35.5. The predicted octanol–water partition coefficient (Wildman–Crippen LogP) is 3.65. The van der Waals surface area contributed by atoms with E-state index in [0.29, 0.717) is 10.8 Å². The molecule has 0 N–H and O–H groups in total. The molecule has 0 bridgehead atoms. The molecule has 1 aromatic carbocycles. The molecule has 2 rings (SSSR count). The largest absolute Gasteiger partial charge is 0.464 e. The highest BCUT2D eigenvalue weighted by molar-refractivity contribution is 6.30. The van der Waals surface area contributed by atoms with Crippen LogP contribution in [0.4, 0.5) is 4.39 Å². The third-order valence-corrected chi connectivity index (χ3v) is 2.93.